The van der Waals surface area contributed by atoms with Crippen molar-refractivity contribution in [1.29, 1.82) is 0 Å². The first-order valence-electron chi connectivity index (χ1n) is 10.1. The molecule has 1 saturated carbocycles. The zero-order chi connectivity index (χ0) is 22.6. The smallest absolute Gasteiger partial charge is 0.410 e. The predicted molar refractivity (Wildman–Crippen MR) is 111 cm³/mol. The van der Waals surface area contributed by atoms with Crippen LogP contribution < -0.4 is 20.3 Å². The number of aromatic nitrogens is 2. The van der Waals surface area contributed by atoms with E-state index in [4.69, 9.17) is 4.74 Å². The number of nitrogens with zero attached hydrogens (tertiary/aromatic N) is 3. The zero-order valence-electron chi connectivity index (χ0n) is 17.7. The van der Waals surface area contributed by atoms with Crippen LogP contribution in [0.2, 0.25) is 0 Å². The van der Waals surface area contributed by atoms with E-state index in [0.717, 1.165) is 49.5 Å². The molecule has 0 spiro atoms. The molecule has 0 aliphatic heterocycles. The minimum absolute atomic E-state index is 0.0965. The number of anilines is 2. The zero-order valence-corrected chi connectivity index (χ0v) is 17.7. The summed E-state index contributed by atoms with van der Waals surface area (Å²) in [6, 6.07) is 6.28. The molecule has 168 valence electrons. The van der Waals surface area contributed by atoms with Crippen LogP contribution in [0.3, 0.4) is 0 Å². The number of rotatable bonds is 5. The standard InChI is InChI=1S/C21H26F3N5O2/c1-13-25-18(12-19(26-13)29(2)3)27-15-7-9-16(10-8-15)28-20(30)31-17-6-4-5-14(11-17)21(22,23)24/h4-6,11-12,15-16H,7-10H2,1-3H3,(H,28,30)(H,25,26,27). The Labute approximate surface area is 179 Å². The Bertz CT molecular complexity index is 912. The molecule has 2 N–H and O–H groups in total. The van der Waals surface area contributed by atoms with E-state index in [1.165, 1.54) is 12.1 Å². The highest BCUT2D eigenvalue weighted by molar-refractivity contribution is 5.70. The number of benzene rings is 1. The fourth-order valence-corrected chi connectivity index (χ4v) is 3.49. The van der Waals surface area contributed by atoms with Crippen molar-refractivity contribution in [2.24, 2.45) is 0 Å². The van der Waals surface area contributed by atoms with Gasteiger partial charge in [0.15, 0.2) is 0 Å². The molecule has 3 rings (SSSR count). The second-order valence-electron chi connectivity index (χ2n) is 7.81. The van der Waals surface area contributed by atoms with Crippen molar-refractivity contribution in [3.05, 3.63) is 41.7 Å². The Hall–Kier alpha value is -3.04. The Kier molecular flexibility index (Phi) is 6.87. The van der Waals surface area contributed by atoms with Crippen molar-refractivity contribution in [3.8, 4) is 5.75 Å². The van der Waals surface area contributed by atoms with Gasteiger partial charge >= 0.3 is 12.3 Å². The van der Waals surface area contributed by atoms with Gasteiger partial charge in [0.2, 0.25) is 0 Å². The molecule has 1 aromatic heterocycles. The van der Waals surface area contributed by atoms with Crippen molar-refractivity contribution in [2.45, 2.75) is 50.9 Å². The lowest BCUT2D eigenvalue weighted by molar-refractivity contribution is -0.137. The highest BCUT2D eigenvalue weighted by Gasteiger charge is 2.31. The Morgan fingerprint density at radius 2 is 1.77 bits per heavy atom. The SMILES string of the molecule is Cc1nc(NC2CCC(NC(=O)Oc3cccc(C(F)(F)F)c3)CC2)cc(N(C)C)n1. The number of halogens is 3. The summed E-state index contributed by atoms with van der Waals surface area (Å²) in [7, 11) is 3.84. The Morgan fingerprint density at radius 1 is 1.10 bits per heavy atom. The molecule has 1 aliphatic carbocycles. The molecule has 7 nitrogen and oxygen atoms in total. The van der Waals surface area contributed by atoms with Gasteiger partial charge in [-0.2, -0.15) is 13.2 Å². The van der Waals surface area contributed by atoms with Crippen molar-refractivity contribution in [2.75, 3.05) is 24.3 Å². The molecule has 0 radical (unpaired) electrons. The highest BCUT2D eigenvalue weighted by Crippen LogP contribution is 2.31. The van der Waals surface area contributed by atoms with Gasteiger partial charge < -0.3 is 20.3 Å². The van der Waals surface area contributed by atoms with E-state index in [9.17, 15) is 18.0 Å². The van der Waals surface area contributed by atoms with Gasteiger partial charge in [-0.1, -0.05) is 6.07 Å². The number of ether oxygens (including phenoxy) is 1. The predicted octanol–water partition coefficient (Wildman–Crippen LogP) is 4.38. The fourth-order valence-electron chi connectivity index (χ4n) is 3.49. The molecule has 0 atom stereocenters. The fraction of sp³-hybridized carbons (Fsp3) is 0.476. The molecule has 1 amide bonds. The van der Waals surface area contributed by atoms with E-state index in [1.54, 1.807) is 0 Å². The molecule has 0 saturated heterocycles. The third kappa shape index (κ3) is 6.47. The molecule has 1 aliphatic rings. The Morgan fingerprint density at radius 3 is 2.42 bits per heavy atom. The lowest BCUT2D eigenvalue weighted by Gasteiger charge is -2.30. The number of hydrogen-bond acceptors (Lipinski definition) is 6. The van der Waals surface area contributed by atoms with Gasteiger partial charge in [-0.05, 0) is 50.8 Å². The van der Waals surface area contributed by atoms with Gasteiger partial charge in [0, 0.05) is 32.2 Å². The quantitative estimate of drug-likeness (QED) is 0.723. The van der Waals surface area contributed by atoms with E-state index in [-0.39, 0.29) is 17.8 Å². The summed E-state index contributed by atoms with van der Waals surface area (Å²) in [5.74, 6) is 2.12. The first-order chi connectivity index (χ1) is 14.6. The van der Waals surface area contributed by atoms with Crippen LogP contribution in [0.5, 0.6) is 5.75 Å². The van der Waals surface area contributed by atoms with Crippen molar-refractivity contribution < 1.29 is 22.7 Å². The maximum absolute atomic E-state index is 12.8. The van der Waals surface area contributed by atoms with Crippen LogP contribution in [0.4, 0.5) is 29.6 Å². The van der Waals surface area contributed by atoms with E-state index in [0.29, 0.717) is 5.82 Å². The topological polar surface area (TPSA) is 79.4 Å². The second kappa shape index (κ2) is 9.40. The summed E-state index contributed by atoms with van der Waals surface area (Å²) in [6.45, 7) is 1.84. The van der Waals surface area contributed by atoms with Crippen LogP contribution in [0.15, 0.2) is 30.3 Å². The van der Waals surface area contributed by atoms with E-state index in [1.807, 2.05) is 32.0 Å². The van der Waals surface area contributed by atoms with Gasteiger partial charge in [-0.3, -0.25) is 0 Å². The summed E-state index contributed by atoms with van der Waals surface area (Å²) in [4.78, 5) is 22.8. The molecule has 10 heteroatoms. The molecule has 2 aromatic rings. The number of hydrogen-bond donors (Lipinski definition) is 2. The molecule has 31 heavy (non-hydrogen) atoms. The molecular weight excluding hydrogens is 411 g/mol. The molecule has 1 heterocycles. The summed E-state index contributed by atoms with van der Waals surface area (Å²) in [5.41, 5.74) is -0.859. The van der Waals surface area contributed by atoms with E-state index >= 15 is 0 Å². The van der Waals surface area contributed by atoms with Crippen LogP contribution >= 0.6 is 0 Å². The maximum atomic E-state index is 12.8. The number of carbonyl (C=O) groups is 1. The van der Waals surface area contributed by atoms with Crippen molar-refractivity contribution in [3.63, 3.8) is 0 Å². The molecule has 0 bridgehead atoms. The summed E-state index contributed by atoms with van der Waals surface area (Å²) in [5, 5.41) is 6.16. The minimum Gasteiger partial charge on any atom is -0.410 e. The molecule has 1 fully saturated rings. The monoisotopic (exact) mass is 437 g/mol. The number of nitrogens with one attached hydrogen (secondary N) is 2. The third-order valence-corrected chi connectivity index (χ3v) is 5.06. The molecular formula is C21H26F3N5O2. The third-order valence-electron chi connectivity index (χ3n) is 5.06. The van der Waals surface area contributed by atoms with Crippen LogP contribution in [0.1, 0.15) is 37.1 Å². The molecule has 1 aromatic carbocycles. The highest BCUT2D eigenvalue weighted by atomic mass is 19.4. The van der Waals surface area contributed by atoms with Crippen LogP contribution in [-0.2, 0) is 6.18 Å². The second-order valence-corrected chi connectivity index (χ2v) is 7.81. The largest absolute Gasteiger partial charge is 0.416 e. The van der Waals surface area contributed by atoms with E-state index in [2.05, 4.69) is 20.6 Å². The van der Waals surface area contributed by atoms with Crippen molar-refractivity contribution in [1.82, 2.24) is 15.3 Å². The molecule has 0 unspecified atom stereocenters. The van der Waals surface area contributed by atoms with Gasteiger partial charge in [0.05, 0.1) is 5.56 Å². The number of aryl methyl sites for hydroxylation is 1. The summed E-state index contributed by atoms with van der Waals surface area (Å²) >= 11 is 0. The van der Waals surface area contributed by atoms with Gasteiger partial charge in [0.25, 0.3) is 0 Å². The van der Waals surface area contributed by atoms with Crippen LogP contribution in [-0.4, -0.2) is 42.2 Å². The maximum Gasteiger partial charge on any atom is 0.416 e. The summed E-state index contributed by atoms with van der Waals surface area (Å²) < 4.78 is 43.4. The minimum atomic E-state index is -4.49. The lowest BCUT2D eigenvalue weighted by atomic mass is 9.91. The normalized spacial score (nSPS) is 18.9. The number of carbonyl (C=O) groups excluding carboxylic acids is 1. The average Bonchev–Trinajstić information content (AvgIpc) is 2.68. The first-order valence-corrected chi connectivity index (χ1v) is 10.1. The van der Waals surface area contributed by atoms with Gasteiger partial charge in [-0.15, -0.1) is 0 Å². The van der Waals surface area contributed by atoms with E-state index < -0.39 is 17.8 Å². The average molecular weight is 437 g/mol. The first kappa shape index (κ1) is 22.6. The Balaban J connectivity index is 1.49. The van der Waals surface area contributed by atoms with Crippen molar-refractivity contribution >= 4 is 17.7 Å². The van der Waals surface area contributed by atoms with Gasteiger partial charge in [0.1, 0.15) is 23.2 Å². The van der Waals surface area contributed by atoms with Crippen LogP contribution in [0, 0.1) is 6.92 Å². The lowest BCUT2D eigenvalue weighted by Crippen LogP contribution is -2.41. The number of amides is 1. The number of alkyl halides is 3. The summed E-state index contributed by atoms with van der Waals surface area (Å²) in [6.07, 6.45) is -2.17. The van der Waals surface area contributed by atoms with Crippen LogP contribution in [0.25, 0.3) is 0 Å². The van der Waals surface area contributed by atoms with Gasteiger partial charge in [-0.25, -0.2) is 14.8 Å².